The van der Waals surface area contributed by atoms with Gasteiger partial charge in [-0.25, -0.2) is 9.37 Å². The SMILES string of the molecule is CCn1ncc2ccc(C3CCC(C(O)CC4c5c(F)cccc5-c5cncn54)CC3)cc21. The van der Waals surface area contributed by atoms with Gasteiger partial charge in [0.05, 0.1) is 42.1 Å². The summed E-state index contributed by atoms with van der Waals surface area (Å²) in [5.74, 6) is 0.565. The monoisotopic (exact) mass is 444 g/mol. The van der Waals surface area contributed by atoms with Crippen molar-refractivity contribution in [3.63, 3.8) is 0 Å². The minimum atomic E-state index is -0.458. The van der Waals surface area contributed by atoms with Crippen LogP contribution in [0.4, 0.5) is 4.39 Å². The van der Waals surface area contributed by atoms with Crippen LogP contribution in [0.15, 0.2) is 55.1 Å². The molecule has 4 aromatic rings. The normalized spacial score (nSPS) is 22.9. The highest BCUT2D eigenvalue weighted by Crippen LogP contribution is 2.45. The summed E-state index contributed by atoms with van der Waals surface area (Å²) in [5.41, 5.74) is 5.11. The number of aliphatic hydroxyl groups excluding tert-OH is 1. The lowest BCUT2D eigenvalue weighted by molar-refractivity contribution is 0.0650. The van der Waals surface area contributed by atoms with Gasteiger partial charge in [0.15, 0.2) is 0 Å². The van der Waals surface area contributed by atoms with E-state index in [1.807, 2.05) is 16.8 Å². The van der Waals surface area contributed by atoms with Crippen molar-refractivity contribution >= 4 is 10.9 Å². The van der Waals surface area contributed by atoms with Crippen LogP contribution in [0.25, 0.3) is 22.2 Å². The van der Waals surface area contributed by atoms with E-state index in [2.05, 4.69) is 39.9 Å². The van der Waals surface area contributed by atoms with Crippen LogP contribution in [0, 0.1) is 11.7 Å². The lowest BCUT2D eigenvalue weighted by Gasteiger charge is -2.33. The Morgan fingerprint density at radius 3 is 2.79 bits per heavy atom. The molecule has 170 valence electrons. The van der Waals surface area contributed by atoms with Crippen molar-refractivity contribution in [1.82, 2.24) is 19.3 Å². The van der Waals surface area contributed by atoms with Crippen molar-refractivity contribution in [2.45, 2.75) is 63.6 Å². The van der Waals surface area contributed by atoms with E-state index in [1.54, 1.807) is 18.6 Å². The molecule has 1 N–H and O–H groups in total. The smallest absolute Gasteiger partial charge is 0.129 e. The molecule has 6 heteroatoms. The predicted molar refractivity (Wildman–Crippen MR) is 126 cm³/mol. The molecule has 0 spiro atoms. The standard InChI is InChI=1S/C27H29FN4O/c1-2-32-23-12-19(10-11-20(23)14-30-32)17-6-8-18(9-7-17)26(33)13-24-27-21(4-3-5-22(27)28)25-15-29-16-31(24)25/h3-5,10-12,14-18,24,26,33H,2,6-9,13H2,1H3. The molecule has 1 aliphatic heterocycles. The second-order valence-corrected chi connectivity index (χ2v) is 9.60. The molecule has 0 saturated heterocycles. The summed E-state index contributed by atoms with van der Waals surface area (Å²) in [6.45, 7) is 2.99. The Balaban J connectivity index is 1.16. The molecule has 2 atom stereocenters. The third kappa shape index (κ3) is 3.39. The number of aliphatic hydroxyl groups is 1. The van der Waals surface area contributed by atoms with Crippen LogP contribution in [0.3, 0.4) is 0 Å². The Kier molecular flexibility index (Phi) is 5.06. The third-order valence-corrected chi connectivity index (χ3v) is 7.88. The van der Waals surface area contributed by atoms with Crippen molar-refractivity contribution in [3.05, 3.63) is 72.1 Å². The van der Waals surface area contributed by atoms with Crippen molar-refractivity contribution in [1.29, 1.82) is 0 Å². The molecule has 3 heterocycles. The Hall–Kier alpha value is -2.99. The average molecular weight is 445 g/mol. The fourth-order valence-corrected chi connectivity index (χ4v) is 6.08. The molecule has 1 aliphatic carbocycles. The van der Waals surface area contributed by atoms with Crippen LogP contribution in [0.1, 0.15) is 62.1 Å². The number of aromatic nitrogens is 4. The van der Waals surface area contributed by atoms with E-state index in [-0.39, 0.29) is 17.8 Å². The Morgan fingerprint density at radius 2 is 1.97 bits per heavy atom. The summed E-state index contributed by atoms with van der Waals surface area (Å²) in [7, 11) is 0. The highest BCUT2D eigenvalue weighted by molar-refractivity contribution is 5.79. The largest absolute Gasteiger partial charge is 0.393 e. The van der Waals surface area contributed by atoms with E-state index < -0.39 is 6.10 Å². The number of aryl methyl sites for hydroxylation is 1. The molecule has 33 heavy (non-hydrogen) atoms. The first-order chi connectivity index (χ1) is 16.1. The maximum atomic E-state index is 14.7. The van der Waals surface area contributed by atoms with Gasteiger partial charge in [-0.05, 0) is 68.6 Å². The summed E-state index contributed by atoms with van der Waals surface area (Å²) in [6.07, 6.45) is 9.67. The number of hydrogen-bond acceptors (Lipinski definition) is 3. The predicted octanol–water partition coefficient (Wildman–Crippen LogP) is 5.69. The van der Waals surface area contributed by atoms with Crippen molar-refractivity contribution < 1.29 is 9.50 Å². The van der Waals surface area contributed by atoms with E-state index >= 15 is 0 Å². The van der Waals surface area contributed by atoms with Gasteiger partial charge in [0.25, 0.3) is 0 Å². The molecule has 2 aromatic carbocycles. The fraction of sp³-hybridized carbons (Fsp3) is 0.407. The number of nitrogens with zero attached hydrogens (tertiary/aromatic N) is 4. The van der Waals surface area contributed by atoms with E-state index in [0.717, 1.165) is 43.5 Å². The molecule has 0 amide bonds. The molecule has 5 nitrogen and oxygen atoms in total. The maximum absolute atomic E-state index is 14.7. The minimum absolute atomic E-state index is 0.192. The van der Waals surface area contributed by atoms with Gasteiger partial charge in [0.2, 0.25) is 0 Å². The van der Waals surface area contributed by atoms with Crippen LogP contribution < -0.4 is 0 Å². The van der Waals surface area contributed by atoms with E-state index in [0.29, 0.717) is 17.9 Å². The third-order valence-electron chi connectivity index (χ3n) is 7.88. The summed E-state index contributed by atoms with van der Waals surface area (Å²) in [5, 5.41) is 16.8. The maximum Gasteiger partial charge on any atom is 0.129 e. The van der Waals surface area contributed by atoms with Crippen molar-refractivity contribution in [2.75, 3.05) is 0 Å². The number of hydrogen-bond donors (Lipinski definition) is 1. The number of fused-ring (bicyclic) bond motifs is 4. The fourth-order valence-electron chi connectivity index (χ4n) is 6.08. The number of rotatable bonds is 5. The summed E-state index contributed by atoms with van der Waals surface area (Å²) in [4.78, 5) is 4.27. The summed E-state index contributed by atoms with van der Waals surface area (Å²) < 4.78 is 18.8. The molecule has 2 unspecified atom stereocenters. The quantitative estimate of drug-likeness (QED) is 0.430. The van der Waals surface area contributed by atoms with Gasteiger partial charge in [-0.15, -0.1) is 0 Å². The molecular weight excluding hydrogens is 415 g/mol. The van der Waals surface area contributed by atoms with Crippen LogP contribution in [-0.4, -0.2) is 30.5 Å². The highest BCUT2D eigenvalue weighted by Gasteiger charge is 2.35. The molecule has 2 aliphatic rings. The van der Waals surface area contributed by atoms with Crippen LogP contribution in [0.2, 0.25) is 0 Å². The van der Waals surface area contributed by atoms with Crippen LogP contribution in [-0.2, 0) is 6.54 Å². The van der Waals surface area contributed by atoms with Crippen LogP contribution >= 0.6 is 0 Å². The lowest BCUT2D eigenvalue weighted by Crippen LogP contribution is -2.28. The average Bonchev–Trinajstić information content (AvgIpc) is 3.55. The van der Waals surface area contributed by atoms with E-state index in [9.17, 15) is 9.50 Å². The zero-order valence-electron chi connectivity index (χ0n) is 18.9. The number of halogens is 1. The highest BCUT2D eigenvalue weighted by atomic mass is 19.1. The van der Waals surface area contributed by atoms with Gasteiger partial charge in [0, 0.05) is 23.1 Å². The van der Waals surface area contributed by atoms with Gasteiger partial charge < -0.3 is 9.67 Å². The number of benzene rings is 2. The van der Waals surface area contributed by atoms with Crippen LogP contribution in [0.5, 0.6) is 0 Å². The van der Waals surface area contributed by atoms with Crippen molar-refractivity contribution in [3.8, 4) is 11.3 Å². The van der Waals surface area contributed by atoms with Gasteiger partial charge in [-0.3, -0.25) is 4.68 Å². The first-order valence-corrected chi connectivity index (χ1v) is 12.1. The second kappa shape index (κ2) is 8.10. The lowest BCUT2D eigenvalue weighted by atomic mass is 9.75. The number of imidazole rings is 1. The molecule has 2 aromatic heterocycles. The zero-order valence-corrected chi connectivity index (χ0v) is 18.9. The first kappa shape index (κ1) is 20.6. The van der Waals surface area contributed by atoms with E-state index in [1.165, 1.54) is 22.5 Å². The molecule has 6 rings (SSSR count). The Labute approximate surface area is 192 Å². The van der Waals surface area contributed by atoms with E-state index in [4.69, 9.17) is 0 Å². The second-order valence-electron chi connectivity index (χ2n) is 9.60. The Morgan fingerprint density at radius 1 is 1.12 bits per heavy atom. The van der Waals surface area contributed by atoms with Gasteiger partial charge in [-0.2, -0.15) is 5.10 Å². The van der Waals surface area contributed by atoms with Gasteiger partial charge in [-0.1, -0.05) is 24.3 Å². The molecule has 0 radical (unpaired) electrons. The molecular formula is C27H29FN4O. The Bertz CT molecular complexity index is 1300. The zero-order chi connectivity index (χ0) is 22.5. The molecule has 1 fully saturated rings. The summed E-state index contributed by atoms with van der Waals surface area (Å²) >= 11 is 0. The molecule has 0 bridgehead atoms. The minimum Gasteiger partial charge on any atom is -0.393 e. The molecule has 1 saturated carbocycles. The first-order valence-electron chi connectivity index (χ1n) is 12.1. The summed E-state index contributed by atoms with van der Waals surface area (Å²) in [6, 6.07) is 11.7. The van der Waals surface area contributed by atoms with Crippen molar-refractivity contribution in [2.24, 2.45) is 5.92 Å². The van der Waals surface area contributed by atoms with Gasteiger partial charge in [0.1, 0.15) is 5.82 Å². The topological polar surface area (TPSA) is 55.9 Å². The van der Waals surface area contributed by atoms with Gasteiger partial charge >= 0.3 is 0 Å².